The largest absolute Gasteiger partial charge is 0.381 e. The van der Waals surface area contributed by atoms with Gasteiger partial charge in [-0.2, -0.15) is 0 Å². The molecule has 1 aliphatic heterocycles. The third-order valence-electron chi connectivity index (χ3n) is 2.80. The van der Waals surface area contributed by atoms with Crippen molar-refractivity contribution in [3.63, 3.8) is 0 Å². The van der Waals surface area contributed by atoms with E-state index in [1.54, 1.807) is 0 Å². The van der Waals surface area contributed by atoms with Crippen LogP contribution in [0.25, 0.3) is 0 Å². The van der Waals surface area contributed by atoms with Gasteiger partial charge in [0, 0.05) is 25.7 Å². The number of carbonyl (C=O) groups excluding carboxylic acids is 1. The Morgan fingerprint density at radius 2 is 2.33 bits per heavy atom. The van der Waals surface area contributed by atoms with E-state index < -0.39 is 0 Å². The van der Waals surface area contributed by atoms with Crippen molar-refractivity contribution >= 4 is 5.91 Å². The number of hydrogen-bond donors (Lipinski definition) is 1. The molecular formula is C11H22N2O2. The minimum Gasteiger partial charge on any atom is -0.381 e. The van der Waals surface area contributed by atoms with Crippen LogP contribution in [0, 0.1) is 0 Å². The molecule has 1 atom stereocenters. The predicted molar refractivity (Wildman–Crippen MR) is 59.8 cm³/mol. The van der Waals surface area contributed by atoms with Crippen molar-refractivity contribution in [3.05, 3.63) is 0 Å². The van der Waals surface area contributed by atoms with E-state index >= 15 is 0 Å². The summed E-state index contributed by atoms with van der Waals surface area (Å²) >= 11 is 0. The Balaban J connectivity index is 2.32. The van der Waals surface area contributed by atoms with E-state index in [1.807, 2.05) is 18.7 Å². The molecule has 0 spiro atoms. The van der Waals surface area contributed by atoms with Crippen LogP contribution in [0.1, 0.15) is 26.7 Å². The number of nitrogens with one attached hydrogen (secondary N) is 1. The number of hydrogen-bond acceptors (Lipinski definition) is 3. The molecule has 0 saturated carbocycles. The molecule has 1 amide bonds. The molecule has 1 unspecified atom stereocenters. The van der Waals surface area contributed by atoms with Gasteiger partial charge in [-0.3, -0.25) is 4.79 Å². The summed E-state index contributed by atoms with van der Waals surface area (Å²) in [5, 5.41) is 3.28. The molecule has 4 nitrogen and oxygen atoms in total. The molecule has 0 aromatic heterocycles. The zero-order chi connectivity index (χ0) is 11.1. The maximum Gasteiger partial charge on any atom is 0.225 e. The molecule has 15 heavy (non-hydrogen) atoms. The maximum atomic E-state index is 11.9. The standard InChI is InChI=1S/C11H22N2O2/c1-3-13(10-5-7-12-9-10)11(14)6-8-15-4-2/h10,12H,3-9H2,1-2H3. The second-order valence-corrected chi connectivity index (χ2v) is 3.77. The van der Waals surface area contributed by atoms with Gasteiger partial charge < -0.3 is 15.0 Å². The molecule has 1 aliphatic rings. The summed E-state index contributed by atoms with van der Waals surface area (Å²) in [6.45, 7) is 7.99. The number of rotatable bonds is 6. The normalized spacial score (nSPS) is 20.5. The lowest BCUT2D eigenvalue weighted by Crippen LogP contribution is -2.41. The molecule has 0 aliphatic carbocycles. The van der Waals surface area contributed by atoms with Crippen molar-refractivity contribution in [1.82, 2.24) is 10.2 Å². The highest BCUT2D eigenvalue weighted by Gasteiger charge is 2.24. The Hall–Kier alpha value is -0.610. The highest BCUT2D eigenvalue weighted by Crippen LogP contribution is 2.09. The van der Waals surface area contributed by atoms with E-state index in [0.717, 1.165) is 26.1 Å². The molecule has 1 heterocycles. The fraction of sp³-hybridized carbons (Fsp3) is 0.909. The van der Waals surface area contributed by atoms with Gasteiger partial charge in [-0.05, 0) is 26.8 Å². The fourth-order valence-electron chi connectivity index (χ4n) is 1.99. The average molecular weight is 214 g/mol. The van der Waals surface area contributed by atoms with Gasteiger partial charge in [-0.1, -0.05) is 0 Å². The summed E-state index contributed by atoms with van der Waals surface area (Å²) in [4.78, 5) is 13.8. The maximum absolute atomic E-state index is 11.9. The third-order valence-corrected chi connectivity index (χ3v) is 2.80. The van der Waals surface area contributed by atoms with Crippen LogP contribution in [0.5, 0.6) is 0 Å². The lowest BCUT2D eigenvalue weighted by Gasteiger charge is -2.27. The van der Waals surface area contributed by atoms with Crippen LogP contribution >= 0.6 is 0 Å². The first-order valence-corrected chi connectivity index (χ1v) is 5.87. The fourth-order valence-corrected chi connectivity index (χ4v) is 1.99. The molecule has 1 N–H and O–H groups in total. The van der Waals surface area contributed by atoms with Gasteiger partial charge in [-0.25, -0.2) is 0 Å². The first-order valence-electron chi connectivity index (χ1n) is 5.87. The predicted octanol–water partition coefficient (Wildman–Crippen LogP) is 0.623. The quantitative estimate of drug-likeness (QED) is 0.659. The molecule has 1 saturated heterocycles. The summed E-state index contributed by atoms with van der Waals surface area (Å²) in [7, 11) is 0. The molecule has 0 radical (unpaired) electrons. The molecule has 1 rings (SSSR count). The first-order chi connectivity index (χ1) is 7.29. The second kappa shape index (κ2) is 6.80. The zero-order valence-corrected chi connectivity index (χ0v) is 9.79. The van der Waals surface area contributed by atoms with Crippen molar-refractivity contribution in [1.29, 1.82) is 0 Å². The van der Waals surface area contributed by atoms with Gasteiger partial charge in [0.25, 0.3) is 0 Å². The number of ether oxygens (including phenoxy) is 1. The molecular weight excluding hydrogens is 192 g/mol. The van der Waals surface area contributed by atoms with Crippen molar-refractivity contribution < 1.29 is 9.53 Å². The van der Waals surface area contributed by atoms with Gasteiger partial charge >= 0.3 is 0 Å². The third kappa shape index (κ3) is 3.80. The lowest BCUT2D eigenvalue weighted by atomic mass is 10.2. The van der Waals surface area contributed by atoms with E-state index in [0.29, 0.717) is 25.7 Å². The van der Waals surface area contributed by atoms with Crippen molar-refractivity contribution in [2.45, 2.75) is 32.7 Å². The Morgan fingerprint density at radius 1 is 1.53 bits per heavy atom. The van der Waals surface area contributed by atoms with Crippen molar-refractivity contribution in [2.24, 2.45) is 0 Å². The lowest BCUT2D eigenvalue weighted by molar-refractivity contribution is -0.134. The molecule has 0 aromatic rings. The van der Waals surface area contributed by atoms with Gasteiger partial charge in [0.2, 0.25) is 5.91 Å². The second-order valence-electron chi connectivity index (χ2n) is 3.77. The Bertz CT molecular complexity index is 191. The van der Waals surface area contributed by atoms with Gasteiger partial charge in [0.15, 0.2) is 0 Å². The van der Waals surface area contributed by atoms with Crippen molar-refractivity contribution in [3.8, 4) is 0 Å². The average Bonchev–Trinajstić information content (AvgIpc) is 2.73. The summed E-state index contributed by atoms with van der Waals surface area (Å²) in [5.41, 5.74) is 0. The van der Waals surface area contributed by atoms with E-state index in [-0.39, 0.29) is 5.91 Å². The summed E-state index contributed by atoms with van der Waals surface area (Å²) in [6.07, 6.45) is 1.59. The van der Waals surface area contributed by atoms with Crippen LogP contribution in [0.3, 0.4) is 0 Å². The number of carbonyl (C=O) groups is 1. The number of amides is 1. The molecule has 1 fully saturated rings. The van der Waals surface area contributed by atoms with Gasteiger partial charge in [0.05, 0.1) is 13.0 Å². The highest BCUT2D eigenvalue weighted by molar-refractivity contribution is 5.76. The molecule has 88 valence electrons. The van der Waals surface area contributed by atoms with Crippen molar-refractivity contribution in [2.75, 3.05) is 32.8 Å². The van der Waals surface area contributed by atoms with Crippen LogP contribution in [-0.2, 0) is 9.53 Å². The van der Waals surface area contributed by atoms with Crippen LogP contribution < -0.4 is 5.32 Å². The molecule has 4 heteroatoms. The number of nitrogens with zero attached hydrogens (tertiary/aromatic N) is 1. The first kappa shape index (κ1) is 12.5. The van der Waals surface area contributed by atoms with Crippen LogP contribution in [0.15, 0.2) is 0 Å². The number of likely N-dealkylation sites (N-methyl/N-ethyl adjacent to an activating group) is 1. The summed E-state index contributed by atoms with van der Waals surface area (Å²) in [5.74, 6) is 0.222. The van der Waals surface area contributed by atoms with E-state index in [4.69, 9.17) is 4.74 Å². The Labute approximate surface area is 92.0 Å². The SMILES string of the molecule is CCOCCC(=O)N(CC)C1CCNC1. The molecule has 0 aromatic carbocycles. The zero-order valence-electron chi connectivity index (χ0n) is 9.79. The van der Waals surface area contributed by atoms with Crippen LogP contribution in [0.2, 0.25) is 0 Å². The van der Waals surface area contributed by atoms with Crippen LogP contribution in [-0.4, -0.2) is 49.7 Å². The minimum atomic E-state index is 0.222. The Kier molecular flexibility index (Phi) is 5.65. The van der Waals surface area contributed by atoms with Crippen LogP contribution in [0.4, 0.5) is 0 Å². The summed E-state index contributed by atoms with van der Waals surface area (Å²) in [6, 6.07) is 0.393. The monoisotopic (exact) mass is 214 g/mol. The van der Waals surface area contributed by atoms with Gasteiger partial charge in [-0.15, -0.1) is 0 Å². The van der Waals surface area contributed by atoms with E-state index in [2.05, 4.69) is 5.32 Å². The smallest absolute Gasteiger partial charge is 0.225 e. The van der Waals surface area contributed by atoms with E-state index in [1.165, 1.54) is 0 Å². The molecule has 0 bridgehead atoms. The Morgan fingerprint density at radius 3 is 2.87 bits per heavy atom. The topological polar surface area (TPSA) is 41.6 Å². The van der Waals surface area contributed by atoms with E-state index in [9.17, 15) is 4.79 Å². The minimum absolute atomic E-state index is 0.222. The highest BCUT2D eigenvalue weighted by atomic mass is 16.5. The summed E-state index contributed by atoms with van der Waals surface area (Å²) < 4.78 is 5.20. The van der Waals surface area contributed by atoms with Gasteiger partial charge in [0.1, 0.15) is 0 Å².